The lowest BCUT2D eigenvalue weighted by Gasteiger charge is -2.60. The normalized spacial score (nSPS) is 39.9. The summed E-state index contributed by atoms with van der Waals surface area (Å²) in [5, 5.41) is 4.55. The molecule has 6 nitrogen and oxygen atoms in total. The maximum Gasteiger partial charge on any atom is 0.302 e. The van der Waals surface area contributed by atoms with E-state index in [9.17, 15) is 13.2 Å². The third-order valence-electron chi connectivity index (χ3n) is 10.3. The second-order valence-corrected chi connectivity index (χ2v) is 13.8. The van der Waals surface area contributed by atoms with Gasteiger partial charge in [-0.05, 0) is 106 Å². The smallest absolute Gasteiger partial charge is 0.302 e. The fourth-order valence-electron chi connectivity index (χ4n) is 8.42. The molecule has 0 radical (unpaired) electrons. The molecule has 1 N–H and O–H groups in total. The van der Waals surface area contributed by atoms with E-state index in [0.29, 0.717) is 29.1 Å². The van der Waals surface area contributed by atoms with E-state index in [-0.39, 0.29) is 22.4 Å². The van der Waals surface area contributed by atoms with Crippen LogP contribution in [0.4, 0.5) is 0 Å². The molecule has 0 aromatic heterocycles. The number of ether oxygens (including phenoxy) is 1. The van der Waals surface area contributed by atoms with Crippen molar-refractivity contribution in [3.05, 3.63) is 29.8 Å². The van der Waals surface area contributed by atoms with Crippen molar-refractivity contribution in [1.82, 2.24) is 4.83 Å². The molecule has 1 aromatic carbocycles. The summed E-state index contributed by atoms with van der Waals surface area (Å²) in [6, 6.07) is 6.90. The van der Waals surface area contributed by atoms with E-state index >= 15 is 0 Å². The lowest BCUT2D eigenvalue weighted by Crippen LogP contribution is -2.54. The Morgan fingerprint density at radius 1 is 1.03 bits per heavy atom. The first kappa shape index (κ1) is 24.8. The van der Waals surface area contributed by atoms with Gasteiger partial charge in [0.2, 0.25) is 0 Å². The van der Waals surface area contributed by atoms with Crippen molar-refractivity contribution in [2.24, 2.45) is 39.6 Å². The molecule has 4 aliphatic carbocycles. The number of rotatable bonds is 4. The monoisotopic (exact) mass is 500 g/mol. The number of hydrogen-bond donors (Lipinski definition) is 1. The van der Waals surface area contributed by atoms with Gasteiger partial charge >= 0.3 is 5.97 Å². The van der Waals surface area contributed by atoms with Gasteiger partial charge in [0, 0.05) is 18.1 Å². The van der Waals surface area contributed by atoms with Gasteiger partial charge in [-0.2, -0.15) is 13.5 Å². The van der Waals surface area contributed by atoms with Crippen molar-refractivity contribution < 1.29 is 17.9 Å². The SMILES string of the molecule is CC(=O)O[C@H]1CC[C@@]2(C)[C@@H](CC[C@H]3[C@H]2CC[C@@]2(C)/C(=N\NS(=O)(=O)c4ccc(C)cc4)CC[C@H]32)C1. The van der Waals surface area contributed by atoms with Crippen molar-refractivity contribution in [2.45, 2.75) is 96.5 Å². The van der Waals surface area contributed by atoms with Gasteiger partial charge in [-0.15, -0.1) is 0 Å². The second-order valence-electron chi connectivity index (χ2n) is 12.1. The van der Waals surface area contributed by atoms with E-state index in [2.05, 4.69) is 23.8 Å². The summed E-state index contributed by atoms with van der Waals surface area (Å²) in [5.74, 6) is 2.40. The van der Waals surface area contributed by atoms with Gasteiger partial charge in [0.1, 0.15) is 6.10 Å². The molecule has 4 saturated carbocycles. The molecular formula is C28H40N2O4S. The van der Waals surface area contributed by atoms with Gasteiger partial charge in [0.05, 0.1) is 4.90 Å². The molecule has 0 amide bonds. The van der Waals surface area contributed by atoms with Crippen LogP contribution in [0.1, 0.15) is 84.1 Å². The second kappa shape index (κ2) is 8.89. The third kappa shape index (κ3) is 4.32. The predicted molar refractivity (Wildman–Crippen MR) is 136 cm³/mol. The summed E-state index contributed by atoms with van der Waals surface area (Å²) < 4.78 is 31.3. The molecule has 192 valence electrons. The highest BCUT2D eigenvalue weighted by Gasteiger charge is 2.59. The quantitative estimate of drug-likeness (QED) is 0.431. The molecule has 0 unspecified atom stereocenters. The van der Waals surface area contributed by atoms with Gasteiger partial charge in [0.25, 0.3) is 10.0 Å². The molecule has 7 atom stereocenters. The minimum atomic E-state index is -3.67. The molecule has 0 saturated heterocycles. The van der Waals surface area contributed by atoms with Crippen molar-refractivity contribution in [3.8, 4) is 0 Å². The summed E-state index contributed by atoms with van der Waals surface area (Å²) in [5.41, 5.74) is 2.34. The van der Waals surface area contributed by atoms with Crippen LogP contribution in [0, 0.1) is 41.4 Å². The van der Waals surface area contributed by atoms with Crippen molar-refractivity contribution >= 4 is 21.7 Å². The Kier molecular flexibility index (Phi) is 6.30. The first-order valence-electron chi connectivity index (χ1n) is 13.4. The van der Waals surface area contributed by atoms with Crippen LogP contribution in [-0.4, -0.2) is 26.2 Å². The number of aryl methyl sites for hydroxylation is 1. The van der Waals surface area contributed by atoms with Crippen LogP contribution in [0.15, 0.2) is 34.3 Å². The number of fused-ring (bicyclic) bond motifs is 5. The summed E-state index contributed by atoms with van der Waals surface area (Å²) in [6.45, 7) is 8.29. The van der Waals surface area contributed by atoms with Crippen LogP contribution in [0.3, 0.4) is 0 Å². The zero-order valence-corrected chi connectivity index (χ0v) is 22.4. The lowest BCUT2D eigenvalue weighted by atomic mass is 9.45. The standard InChI is InChI=1S/C28H40N2O4S/c1-18-5-8-22(9-6-18)35(32,33)30-29-26-12-11-24-23-10-7-20-17-21(34-19(2)31)13-15-27(20,3)25(23)14-16-28(24,26)4/h5-6,8-9,20-21,23-25,30H,7,10-17H2,1-4H3/b29-26-/t20-,21-,23+,24+,25+,27-,28+/m0/s1. The average molecular weight is 501 g/mol. The molecule has 4 fully saturated rings. The molecule has 0 bridgehead atoms. The Hall–Kier alpha value is -1.89. The van der Waals surface area contributed by atoms with E-state index in [1.54, 1.807) is 12.1 Å². The largest absolute Gasteiger partial charge is 0.463 e. The summed E-state index contributed by atoms with van der Waals surface area (Å²) in [4.78, 5) is 14.3. The number of hydrazone groups is 1. The van der Waals surface area contributed by atoms with Crippen molar-refractivity contribution in [2.75, 3.05) is 0 Å². The molecule has 0 spiro atoms. The first-order chi connectivity index (χ1) is 16.5. The molecule has 0 heterocycles. The number of nitrogens with zero attached hydrogens (tertiary/aromatic N) is 1. The molecule has 0 aliphatic heterocycles. The summed E-state index contributed by atoms with van der Waals surface area (Å²) >= 11 is 0. The number of esters is 1. The van der Waals surface area contributed by atoms with Gasteiger partial charge < -0.3 is 4.74 Å². The summed E-state index contributed by atoms with van der Waals surface area (Å²) in [7, 11) is -3.67. The maximum absolute atomic E-state index is 12.8. The van der Waals surface area contributed by atoms with E-state index < -0.39 is 10.0 Å². The highest BCUT2D eigenvalue weighted by molar-refractivity contribution is 7.89. The Morgan fingerprint density at radius 3 is 2.49 bits per heavy atom. The van der Waals surface area contributed by atoms with Gasteiger partial charge in [-0.1, -0.05) is 31.5 Å². The van der Waals surface area contributed by atoms with Crippen LogP contribution >= 0.6 is 0 Å². The molecule has 1 aromatic rings. The Bertz CT molecular complexity index is 1110. The number of nitrogens with one attached hydrogen (secondary N) is 1. The fraction of sp³-hybridized carbons (Fsp3) is 0.714. The molecule has 7 heteroatoms. The highest BCUT2D eigenvalue weighted by atomic mass is 32.2. The minimum Gasteiger partial charge on any atom is -0.463 e. The zero-order valence-electron chi connectivity index (χ0n) is 21.5. The van der Waals surface area contributed by atoms with Crippen molar-refractivity contribution in [1.29, 1.82) is 0 Å². The van der Waals surface area contributed by atoms with Crippen LogP contribution < -0.4 is 4.83 Å². The van der Waals surface area contributed by atoms with E-state index in [1.807, 2.05) is 19.1 Å². The number of hydrogen-bond acceptors (Lipinski definition) is 5. The average Bonchev–Trinajstić information content (AvgIpc) is 3.14. The van der Waals surface area contributed by atoms with Gasteiger partial charge in [-0.3, -0.25) is 4.79 Å². The fourth-order valence-corrected chi connectivity index (χ4v) is 9.25. The number of carbonyl (C=O) groups is 1. The van der Waals surface area contributed by atoms with Crippen LogP contribution in [0.25, 0.3) is 0 Å². The molecular weight excluding hydrogens is 460 g/mol. The lowest BCUT2D eigenvalue weighted by molar-refractivity contribution is -0.158. The van der Waals surface area contributed by atoms with Crippen LogP contribution in [0.5, 0.6) is 0 Å². The predicted octanol–water partition coefficient (Wildman–Crippen LogP) is 5.60. The third-order valence-corrected chi connectivity index (χ3v) is 11.5. The first-order valence-corrected chi connectivity index (χ1v) is 14.8. The molecule has 5 rings (SSSR count). The van der Waals surface area contributed by atoms with E-state index in [0.717, 1.165) is 49.8 Å². The van der Waals surface area contributed by atoms with E-state index in [4.69, 9.17) is 4.74 Å². The number of sulfonamides is 1. The highest BCUT2D eigenvalue weighted by Crippen LogP contribution is 2.65. The summed E-state index contributed by atoms with van der Waals surface area (Å²) in [6.07, 6.45) is 9.84. The molecule has 4 aliphatic rings. The number of carbonyl (C=O) groups excluding carboxylic acids is 1. The topological polar surface area (TPSA) is 84.8 Å². The maximum atomic E-state index is 12.8. The minimum absolute atomic E-state index is 0.0326. The van der Waals surface area contributed by atoms with Gasteiger partial charge in [0.15, 0.2) is 0 Å². The van der Waals surface area contributed by atoms with Crippen molar-refractivity contribution in [3.63, 3.8) is 0 Å². The van der Waals surface area contributed by atoms with Crippen LogP contribution in [-0.2, 0) is 19.6 Å². The number of benzene rings is 1. The molecule has 35 heavy (non-hydrogen) atoms. The Balaban J connectivity index is 1.31. The Morgan fingerprint density at radius 2 is 1.77 bits per heavy atom. The van der Waals surface area contributed by atoms with Crippen LogP contribution in [0.2, 0.25) is 0 Å². The van der Waals surface area contributed by atoms with Gasteiger partial charge in [-0.25, -0.2) is 4.83 Å². The Labute approximate surface area is 210 Å². The zero-order chi connectivity index (χ0) is 25.0. The van der Waals surface area contributed by atoms with E-state index in [1.165, 1.54) is 26.2 Å².